The summed E-state index contributed by atoms with van der Waals surface area (Å²) in [6.45, 7) is 29.8. The molecule has 0 radical (unpaired) electrons. The first-order chi connectivity index (χ1) is 30.4. The molecule has 0 aliphatic rings. The normalized spacial score (nSPS) is 12.8. The number of carbonyl (C=O) groups is 2. The molecule has 0 bridgehead atoms. The van der Waals surface area contributed by atoms with Gasteiger partial charge in [-0.05, 0) is 92.2 Å². The Kier molecular flexibility index (Phi) is 25.5. The van der Waals surface area contributed by atoms with Crippen molar-refractivity contribution in [2.45, 2.75) is 234 Å². The monoisotopic (exact) mass is 941 g/mol. The van der Waals surface area contributed by atoms with Gasteiger partial charge in [-0.25, -0.2) is 0 Å². The average Bonchev–Trinajstić information content (AvgIpc) is 3.20. The molecule has 0 spiro atoms. The number of esters is 2. The van der Waals surface area contributed by atoms with Gasteiger partial charge in [0.2, 0.25) is 0 Å². The van der Waals surface area contributed by atoms with Crippen molar-refractivity contribution in [3.63, 3.8) is 0 Å². The van der Waals surface area contributed by atoms with Gasteiger partial charge in [0, 0.05) is 11.5 Å². The molecule has 372 valence electrons. The van der Waals surface area contributed by atoms with Crippen LogP contribution in [0.5, 0.6) is 11.5 Å². The van der Waals surface area contributed by atoms with Crippen molar-refractivity contribution < 1.29 is 29.3 Å². The topological polar surface area (TPSA) is 93.1 Å². The molecule has 0 aromatic heterocycles. The zero-order valence-corrected chi connectivity index (χ0v) is 45.8. The molecule has 2 N–H and O–H groups in total. The van der Waals surface area contributed by atoms with E-state index in [-0.39, 0.29) is 37.6 Å². The maximum absolute atomic E-state index is 15.1. The standard InChI is InChI=1S/C57H96O6S2/c1-15-17-19-21-23-25-27-29-33-64-35-31-62-51(60)57(52(61)63-32-36-65-34-30-28-26-24-22-20-18-16-2,41-43-37-45(53(3,4)5)49(58)46(38-43)54(6,7)8)42-44-39-47(55(9,10)11)50(59)48(40-44)56(12,13)14/h37-40,58-59H,15-36,41-42H2,1-14H3. The maximum Gasteiger partial charge on any atom is 0.324 e. The fourth-order valence-electron chi connectivity index (χ4n) is 8.55. The van der Waals surface area contributed by atoms with E-state index < -0.39 is 39.0 Å². The fraction of sp³-hybridized carbons (Fsp3) is 0.754. The van der Waals surface area contributed by atoms with Crippen molar-refractivity contribution in [1.29, 1.82) is 0 Å². The first-order valence-corrected chi connectivity index (χ1v) is 27.9. The van der Waals surface area contributed by atoms with E-state index in [1.54, 1.807) is 23.5 Å². The Hall–Kier alpha value is -2.32. The molecule has 0 amide bonds. The molecule has 2 aromatic carbocycles. The van der Waals surface area contributed by atoms with E-state index in [1.807, 2.05) is 24.3 Å². The van der Waals surface area contributed by atoms with Crippen LogP contribution in [0, 0.1) is 5.41 Å². The summed E-state index contributed by atoms with van der Waals surface area (Å²) in [5.74, 6) is 2.61. The first-order valence-electron chi connectivity index (χ1n) is 25.6. The number of thioether (sulfide) groups is 2. The van der Waals surface area contributed by atoms with E-state index in [9.17, 15) is 10.2 Å². The van der Waals surface area contributed by atoms with Crippen LogP contribution in [-0.2, 0) is 53.6 Å². The number of benzene rings is 2. The lowest BCUT2D eigenvalue weighted by molar-refractivity contribution is -0.172. The molecule has 2 rings (SSSR count). The lowest BCUT2D eigenvalue weighted by atomic mass is 9.71. The summed E-state index contributed by atoms with van der Waals surface area (Å²) in [4.78, 5) is 30.3. The maximum atomic E-state index is 15.1. The SMILES string of the molecule is CCCCCCCCCCSCCOC(=O)C(Cc1cc(C(C)(C)C)c(O)c(C(C)(C)C)c1)(Cc1cc(C(C)(C)C)c(O)c(C(C)(C)C)c1)C(=O)OCCSCCCCCCCCCC. The van der Waals surface area contributed by atoms with Crippen LogP contribution in [0.3, 0.4) is 0 Å². The molecule has 0 aliphatic carbocycles. The van der Waals surface area contributed by atoms with Gasteiger partial charge in [0.05, 0.1) is 0 Å². The number of aromatic hydroxyl groups is 2. The minimum absolute atomic E-state index is 0.0322. The van der Waals surface area contributed by atoms with Crippen molar-refractivity contribution in [1.82, 2.24) is 0 Å². The Morgan fingerprint density at radius 3 is 0.954 bits per heavy atom. The van der Waals surface area contributed by atoms with Crippen LogP contribution in [0.15, 0.2) is 24.3 Å². The summed E-state index contributed by atoms with van der Waals surface area (Å²) < 4.78 is 12.5. The molecular formula is C57H96O6S2. The Labute approximate surface area is 407 Å². The number of phenolic OH excluding ortho intramolecular Hbond substituents is 2. The van der Waals surface area contributed by atoms with Crippen molar-refractivity contribution in [2.24, 2.45) is 5.41 Å². The lowest BCUT2D eigenvalue weighted by Crippen LogP contribution is -2.46. The number of unbranched alkanes of at least 4 members (excludes halogenated alkanes) is 14. The summed E-state index contributed by atoms with van der Waals surface area (Å²) in [7, 11) is 0. The molecule has 0 atom stereocenters. The summed E-state index contributed by atoms with van der Waals surface area (Å²) in [5.41, 5.74) is 1.19. The minimum Gasteiger partial charge on any atom is -0.507 e. The van der Waals surface area contributed by atoms with Crippen LogP contribution in [-0.4, -0.2) is 58.4 Å². The molecule has 0 unspecified atom stereocenters. The summed E-state index contributed by atoms with van der Waals surface area (Å²) in [5, 5.41) is 23.4. The molecule has 0 fully saturated rings. The third-order valence-corrected chi connectivity index (χ3v) is 14.6. The number of ether oxygens (including phenoxy) is 2. The van der Waals surface area contributed by atoms with Gasteiger partial charge in [-0.3, -0.25) is 9.59 Å². The van der Waals surface area contributed by atoms with Gasteiger partial charge >= 0.3 is 11.9 Å². The third-order valence-electron chi connectivity index (χ3n) is 12.6. The number of hydrogen-bond acceptors (Lipinski definition) is 8. The van der Waals surface area contributed by atoms with E-state index >= 15 is 9.59 Å². The molecule has 0 heterocycles. The fourth-order valence-corrected chi connectivity index (χ4v) is 10.2. The number of carbonyl (C=O) groups excluding carboxylic acids is 2. The quantitative estimate of drug-likeness (QED) is 0.0455. The van der Waals surface area contributed by atoms with Crippen molar-refractivity contribution in [2.75, 3.05) is 36.2 Å². The molecule has 0 saturated carbocycles. The molecule has 65 heavy (non-hydrogen) atoms. The second kappa shape index (κ2) is 28.2. The predicted molar refractivity (Wildman–Crippen MR) is 283 cm³/mol. The number of hydrogen-bond donors (Lipinski definition) is 2. The average molecular weight is 942 g/mol. The Balaban J connectivity index is 2.60. The highest BCUT2D eigenvalue weighted by molar-refractivity contribution is 7.99. The van der Waals surface area contributed by atoms with Crippen LogP contribution >= 0.6 is 23.5 Å². The second-order valence-corrected chi connectivity index (χ2v) is 25.4. The van der Waals surface area contributed by atoms with E-state index in [1.165, 1.54) is 89.9 Å². The Morgan fingerprint density at radius 2 is 0.692 bits per heavy atom. The zero-order valence-electron chi connectivity index (χ0n) is 44.1. The van der Waals surface area contributed by atoms with Crippen molar-refractivity contribution in [3.05, 3.63) is 57.6 Å². The van der Waals surface area contributed by atoms with Crippen molar-refractivity contribution >= 4 is 35.5 Å². The van der Waals surface area contributed by atoms with E-state index in [4.69, 9.17) is 9.47 Å². The van der Waals surface area contributed by atoms with Gasteiger partial charge < -0.3 is 19.7 Å². The second-order valence-electron chi connectivity index (χ2n) is 23.0. The van der Waals surface area contributed by atoms with Crippen LogP contribution in [0.1, 0.15) is 233 Å². The largest absolute Gasteiger partial charge is 0.507 e. The number of phenols is 2. The van der Waals surface area contributed by atoms with Crippen LogP contribution in [0.2, 0.25) is 0 Å². The van der Waals surface area contributed by atoms with Gasteiger partial charge in [0.15, 0.2) is 5.41 Å². The first kappa shape index (κ1) is 58.8. The molecule has 8 heteroatoms. The van der Waals surface area contributed by atoms with Gasteiger partial charge in [-0.2, -0.15) is 23.5 Å². The molecule has 0 saturated heterocycles. The van der Waals surface area contributed by atoms with Gasteiger partial charge in [0.25, 0.3) is 0 Å². The van der Waals surface area contributed by atoms with E-state index in [0.717, 1.165) is 57.7 Å². The van der Waals surface area contributed by atoms with E-state index in [0.29, 0.717) is 11.5 Å². The van der Waals surface area contributed by atoms with Crippen LogP contribution in [0.25, 0.3) is 0 Å². The van der Waals surface area contributed by atoms with Gasteiger partial charge in [0.1, 0.15) is 24.7 Å². The lowest BCUT2D eigenvalue weighted by Gasteiger charge is -2.33. The minimum atomic E-state index is -1.74. The van der Waals surface area contributed by atoms with Crippen LogP contribution in [0.4, 0.5) is 0 Å². The predicted octanol–water partition coefficient (Wildman–Crippen LogP) is 15.9. The molecular weight excluding hydrogens is 845 g/mol. The summed E-state index contributed by atoms with van der Waals surface area (Å²) in [6.07, 6.45) is 20.3. The molecule has 6 nitrogen and oxygen atoms in total. The summed E-state index contributed by atoms with van der Waals surface area (Å²) in [6, 6.07) is 7.88. The Bertz CT molecular complexity index is 1510. The molecule has 2 aromatic rings. The smallest absolute Gasteiger partial charge is 0.324 e. The van der Waals surface area contributed by atoms with Gasteiger partial charge in [-0.1, -0.05) is 211 Å². The van der Waals surface area contributed by atoms with Gasteiger partial charge in [-0.15, -0.1) is 0 Å². The summed E-state index contributed by atoms with van der Waals surface area (Å²) >= 11 is 3.59. The Morgan fingerprint density at radius 1 is 0.431 bits per heavy atom. The third kappa shape index (κ3) is 20.4. The van der Waals surface area contributed by atoms with E-state index in [2.05, 4.69) is 96.9 Å². The van der Waals surface area contributed by atoms with Crippen molar-refractivity contribution in [3.8, 4) is 11.5 Å². The highest BCUT2D eigenvalue weighted by Crippen LogP contribution is 2.44. The highest BCUT2D eigenvalue weighted by Gasteiger charge is 2.50. The number of rotatable bonds is 30. The van der Waals surface area contributed by atoms with Crippen LogP contribution < -0.4 is 0 Å². The zero-order chi connectivity index (χ0) is 48.9. The highest BCUT2D eigenvalue weighted by atomic mass is 32.2. The molecule has 0 aliphatic heterocycles.